The van der Waals surface area contributed by atoms with Gasteiger partial charge in [0.2, 0.25) is 0 Å². The topological polar surface area (TPSA) is 54.5 Å². The van der Waals surface area contributed by atoms with Crippen LogP contribution >= 0.6 is 0 Å². The number of pyridine rings is 1. The van der Waals surface area contributed by atoms with E-state index in [4.69, 9.17) is 4.84 Å². The predicted molar refractivity (Wildman–Crippen MR) is 98.6 cm³/mol. The van der Waals surface area contributed by atoms with Crippen molar-refractivity contribution in [2.24, 2.45) is 0 Å². The van der Waals surface area contributed by atoms with Crippen molar-refractivity contribution in [3.63, 3.8) is 0 Å². The van der Waals surface area contributed by atoms with Gasteiger partial charge in [-0.2, -0.15) is 0 Å². The maximum Gasteiger partial charge on any atom is 0.185 e. The summed E-state index contributed by atoms with van der Waals surface area (Å²) < 4.78 is 0. The third-order valence-corrected chi connectivity index (χ3v) is 4.46. The Morgan fingerprint density at radius 2 is 2.00 bits per heavy atom. The van der Waals surface area contributed by atoms with Gasteiger partial charge in [-0.15, -0.1) is 0 Å². The number of hydrogen-bond acceptors (Lipinski definition) is 5. The first kappa shape index (κ1) is 17.6. The van der Waals surface area contributed by atoms with Gasteiger partial charge in [-0.25, -0.2) is 0 Å². The van der Waals surface area contributed by atoms with Crippen molar-refractivity contribution in [2.75, 3.05) is 18.7 Å². The van der Waals surface area contributed by atoms with Crippen LogP contribution in [0.3, 0.4) is 0 Å². The summed E-state index contributed by atoms with van der Waals surface area (Å²) in [5, 5.41) is 5.00. The molecule has 5 heteroatoms. The molecule has 0 radical (unpaired) electrons. The van der Waals surface area contributed by atoms with Crippen LogP contribution in [0.5, 0.6) is 0 Å². The van der Waals surface area contributed by atoms with Crippen molar-refractivity contribution in [2.45, 2.75) is 38.8 Å². The van der Waals surface area contributed by atoms with E-state index in [0.717, 1.165) is 25.1 Å². The highest BCUT2D eigenvalue weighted by molar-refractivity contribution is 6.01. The van der Waals surface area contributed by atoms with Crippen LogP contribution in [0.15, 0.2) is 42.6 Å². The molecule has 1 unspecified atom stereocenters. The second-order valence-corrected chi connectivity index (χ2v) is 6.33. The van der Waals surface area contributed by atoms with Gasteiger partial charge in [0.05, 0.1) is 18.3 Å². The molecule has 0 fully saturated rings. The zero-order chi connectivity index (χ0) is 17.6. The van der Waals surface area contributed by atoms with Crippen molar-refractivity contribution in [3.8, 4) is 0 Å². The van der Waals surface area contributed by atoms with Crippen LogP contribution in [0.1, 0.15) is 41.4 Å². The Hall–Kier alpha value is -2.24. The molecule has 1 aromatic heterocycles. The van der Waals surface area contributed by atoms with Gasteiger partial charge in [-0.1, -0.05) is 31.2 Å². The maximum absolute atomic E-state index is 12.0. The number of benzene rings is 1. The normalized spacial score (nSPS) is 15.1. The molecule has 2 heterocycles. The Kier molecular flexibility index (Phi) is 5.79. The summed E-state index contributed by atoms with van der Waals surface area (Å²) in [5.74, 6) is 0.0867. The first-order valence-corrected chi connectivity index (χ1v) is 8.86. The number of fused-ring (bicyclic) bond motifs is 1. The lowest BCUT2D eigenvalue weighted by atomic mass is 10.0. The van der Waals surface area contributed by atoms with E-state index >= 15 is 0 Å². The average Bonchev–Trinajstić information content (AvgIpc) is 2.65. The standard InChI is InChI=1S/C20H25N3O2/c1-3-17(13-15-6-8-16(9-7-15)14-21-2)25-23-12-10-19(24)20-18(23)5-4-11-22-20/h4-9,11,17,21H,3,10,12-14H2,1-2H3. The number of anilines is 1. The van der Waals surface area contributed by atoms with Gasteiger partial charge >= 0.3 is 0 Å². The number of ketones is 1. The lowest BCUT2D eigenvalue weighted by Gasteiger charge is -2.32. The zero-order valence-electron chi connectivity index (χ0n) is 14.9. The Labute approximate surface area is 149 Å². The average molecular weight is 339 g/mol. The lowest BCUT2D eigenvalue weighted by Crippen LogP contribution is -2.37. The number of carbonyl (C=O) groups is 1. The van der Waals surface area contributed by atoms with Crippen molar-refractivity contribution in [1.29, 1.82) is 0 Å². The second-order valence-electron chi connectivity index (χ2n) is 6.33. The smallest absolute Gasteiger partial charge is 0.185 e. The monoisotopic (exact) mass is 339 g/mol. The van der Waals surface area contributed by atoms with E-state index in [1.54, 1.807) is 6.20 Å². The highest BCUT2D eigenvalue weighted by Gasteiger charge is 2.26. The number of nitrogens with one attached hydrogen (secondary N) is 1. The highest BCUT2D eigenvalue weighted by atomic mass is 16.7. The van der Waals surface area contributed by atoms with Gasteiger partial charge in [0.15, 0.2) is 5.78 Å². The summed E-state index contributed by atoms with van der Waals surface area (Å²) in [6.45, 7) is 3.58. The van der Waals surface area contributed by atoms with Crippen molar-refractivity contribution < 1.29 is 9.63 Å². The number of rotatable bonds is 7. The minimum absolute atomic E-state index is 0.0661. The molecule has 5 nitrogen and oxygen atoms in total. The summed E-state index contributed by atoms with van der Waals surface area (Å²) in [6, 6.07) is 12.4. The summed E-state index contributed by atoms with van der Waals surface area (Å²) in [6.07, 6.45) is 3.91. The lowest BCUT2D eigenvalue weighted by molar-refractivity contribution is 0.0272. The fraction of sp³-hybridized carbons (Fsp3) is 0.400. The number of nitrogens with zero attached hydrogens (tertiary/aromatic N) is 2. The van der Waals surface area contributed by atoms with Crippen LogP contribution in [-0.4, -0.2) is 30.5 Å². The van der Waals surface area contributed by atoms with E-state index < -0.39 is 0 Å². The molecule has 1 atom stereocenters. The number of aromatic nitrogens is 1. The molecule has 132 valence electrons. The van der Waals surface area contributed by atoms with E-state index in [-0.39, 0.29) is 11.9 Å². The predicted octanol–water partition coefficient (Wildman–Crippen LogP) is 3.15. The van der Waals surface area contributed by atoms with Crippen LogP contribution in [0, 0.1) is 0 Å². The Morgan fingerprint density at radius 1 is 1.24 bits per heavy atom. The number of carbonyl (C=O) groups excluding carboxylic acids is 1. The molecule has 0 spiro atoms. The van der Waals surface area contributed by atoms with Gasteiger partial charge in [-0.3, -0.25) is 19.7 Å². The molecule has 3 rings (SSSR count). The van der Waals surface area contributed by atoms with Crippen LogP contribution in [0.25, 0.3) is 0 Å². The number of hydroxylamine groups is 1. The minimum atomic E-state index is 0.0661. The summed E-state index contributed by atoms with van der Waals surface area (Å²) in [7, 11) is 1.95. The fourth-order valence-electron chi connectivity index (χ4n) is 3.06. The Morgan fingerprint density at radius 3 is 2.72 bits per heavy atom. The van der Waals surface area contributed by atoms with Crippen LogP contribution in [-0.2, 0) is 17.8 Å². The van der Waals surface area contributed by atoms with Crippen molar-refractivity contribution >= 4 is 11.5 Å². The first-order chi connectivity index (χ1) is 12.2. The third kappa shape index (κ3) is 4.24. The maximum atomic E-state index is 12.0. The Bertz CT molecular complexity index is 715. The van der Waals surface area contributed by atoms with Crippen molar-refractivity contribution in [1.82, 2.24) is 10.3 Å². The van der Waals surface area contributed by atoms with Gasteiger partial charge in [-0.05, 0) is 36.7 Å². The van der Waals surface area contributed by atoms with Gasteiger partial charge < -0.3 is 5.32 Å². The number of Topliss-reactive ketones (excluding diaryl/α,β-unsaturated/α-hetero) is 1. The van der Waals surface area contributed by atoms with Gasteiger partial charge in [0.25, 0.3) is 0 Å². The molecular weight excluding hydrogens is 314 g/mol. The molecule has 0 saturated heterocycles. The quantitative estimate of drug-likeness (QED) is 0.840. The summed E-state index contributed by atoms with van der Waals surface area (Å²) in [4.78, 5) is 22.5. The molecule has 1 N–H and O–H groups in total. The fourth-order valence-corrected chi connectivity index (χ4v) is 3.06. The van der Waals surface area contributed by atoms with Crippen LogP contribution in [0.2, 0.25) is 0 Å². The molecule has 0 amide bonds. The molecule has 1 aromatic carbocycles. The van der Waals surface area contributed by atoms with E-state index in [9.17, 15) is 4.79 Å². The minimum Gasteiger partial charge on any atom is -0.316 e. The van der Waals surface area contributed by atoms with E-state index in [2.05, 4.69) is 41.5 Å². The second kappa shape index (κ2) is 8.23. The van der Waals surface area contributed by atoms with Gasteiger partial charge in [0, 0.05) is 25.6 Å². The number of hydrogen-bond donors (Lipinski definition) is 1. The molecule has 25 heavy (non-hydrogen) atoms. The molecule has 0 aliphatic carbocycles. The van der Waals surface area contributed by atoms with E-state index in [1.165, 1.54) is 11.1 Å². The molecule has 0 bridgehead atoms. The SMILES string of the molecule is CCC(Cc1ccc(CNC)cc1)ON1CCC(=O)c2ncccc21. The molecule has 0 saturated carbocycles. The van der Waals surface area contributed by atoms with Crippen LogP contribution in [0.4, 0.5) is 5.69 Å². The first-order valence-electron chi connectivity index (χ1n) is 8.86. The van der Waals surface area contributed by atoms with E-state index in [0.29, 0.717) is 18.7 Å². The molecular formula is C20H25N3O2. The zero-order valence-corrected chi connectivity index (χ0v) is 14.9. The van der Waals surface area contributed by atoms with Crippen molar-refractivity contribution in [3.05, 3.63) is 59.4 Å². The summed E-state index contributed by atoms with van der Waals surface area (Å²) >= 11 is 0. The Balaban J connectivity index is 1.68. The molecule has 1 aliphatic rings. The largest absolute Gasteiger partial charge is 0.316 e. The van der Waals surface area contributed by atoms with E-state index in [1.807, 2.05) is 24.2 Å². The molecule has 1 aliphatic heterocycles. The molecule has 2 aromatic rings. The van der Waals surface area contributed by atoms with Gasteiger partial charge in [0.1, 0.15) is 5.69 Å². The highest BCUT2D eigenvalue weighted by Crippen LogP contribution is 2.26. The summed E-state index contributed by atoms with van der Waals surface area (Å²) in [5.41, 5.74) is 3.82. The third-order valence-electron chi connectivity index (χ3n) is 4.46. The van der Waals surface area contributed by atoms with Crippen LogP contribution < -0.4 is 10.4 Å².